The van der Waals surface area contributed by atoms with Gasteiger partial charge in [0.05, 0.1) is 7.11 Å². The number of amides is 1. The maximum absolute atomic E-state index is 12.5. The van der Waals surface area contributed by atoms with Crippen molar-refractivity contribution in [3.8, 4) is 5.75 Å². The van der Waals surface area contributed by atoms with Crippen molar-refractivity contribution in [2.75, 3.05) is 17.7 Å². The van der Waals surface area contributed by atoms with Crippen molar-refractivity contribution in [2.24, 2.45) is 0 Å². The van der Waals surface area contributed by atoms with Crippen LogP contribution in [0.15, 0.2) is 60.7 Å². The molecule has 6 heteroatoms. The average molecular weight is 334 g/mol. The van der Waals surface area contributed by atoms with E-state index in [9.17, 15) is 4.79 Å². The number of hydrogen-bond acceptors (Lipinski definition) is 5. The van der Waals surface area contributed by atoms with Crippen LogP contribution in [0.2, 0.25) is 0 Å². The number of aromatic nitrogens is 2. The zero-order chi connectivity index (χ0) is 17.6. The summed E-state index contributed by atoms with van der Waals surface area (Å²) in [6.45, 7) is 1.82. The van der Waals surface area contributed by atoms with E-state index in [1.165, 1.54) is 0 Å². The second-order valence-electron chi connectivity index (χ2n) is 5.39. The fourth-order valence-electron chi connectivity index (χ4n) is 2.26. The van der Waals surface area contributed by atoms with Gasteiger partial charge in [-0.25, -0.2) is 9.97 Å². The lowest BCUT2D eigenvalue weighted by atomic mass is 10.2. The van der Waals surface area contributed by atoms with E-state index in [-0.39, 0.29) is 5.91 Å². The van der Waals surface area contributed by atoms with E-state index in [1.807, 2.05) is 37.3 Å². The predicted octanol–water partition coefficient (Wildman–Crippen LogP) is 3.79. The molecule has 0 spiro atoms. The van der Waals surface area contributed by atoms with Gasteiger partial charge < -0.3 is 15.4 Å². The van der Waals surface area contributed by atoms with Crippen LogP contribution in [0.1, 0.15) is 16.2 Å². The van der Waals surface area contributed by atoms with Gasteiger partial charge in [-0.15, -0.1) is 0 Å². The molecule has 0 unspecified atom stereocenters. The van der Waals surface area contributed by atoms with Gasteiger partial charge in [-0.2, -0.15) is 0 Å². The van der Waals surface area contributed by atoms with E-state index in [0.29, 0.717) is 23.0 Å². The van der Waals surface area contributed by atoms with Crippen molar-refractivity contribution < 1.29 is 9.53 Å². The Balaban J connectivity index is 1.77. The van der Waals surface area contributed by atoms with E-state index in [0.717, 1.165) is 11.4 Å². The summed E-state index contributed by atoms with van der Waals surface area (Å²) in [6.07, 6.45) is 0. The molecule has 0 saturated carbocycles. The predicted molar refractivity (Wildman–Crippen MR) is 97.4 cm³/mol. The lowest BCUT2D eigenvalue weighted by molar-refractivity contribution is 0.102. The SMILES string of the molecule is COc1ccc(NC(=O)c2cc(C)nc(Nc3ccccc3)n2)cc1. The summed E-state index contributed by atoms with van der Waals surface area (Å²) < 4.78 is 5.11. The standard InChI is InChI=1S/C19H18N4O2/c1-13-12-17(18(24)21-15-8-10-16(25-2)11-9-15)23-19(20-13)22-14-6-4-3-5-7-14/h3-12H,1-2H3,(H,21,24)(H,20,22,23). The van der Waals surface area contributed by atoms with Crippen LogP contribution in [0, 0.1) is 6.92 Å². The molecule has 1 heterocycles. The molecule has 0 fully saturated rings. The molecule has 6 nitrogen and oxygen atoms in total. The zero-order valence-corrected chi connectivity index (χ0v) is 14.0. The molecule has 1 amide bonds. The number of carbonyl (C=O) groups excluding carboxylic acids is 1. The number of benzene rings is 2. The van der Waals surface area contributed by atoms with Gasteiger partial charge in [-0.3, -0.25) is 4.79 Å². The van der Waals surface area contributed by atoms with Crippen LogP contribution in [0.4, 0.5) is 17.3 Å². The number of ether oxygens (including phenoxy) is 1. The highest BCUT2D eigenvalue weighted by molar-refractivity contribution is 6.03. The number of para-hydroxylation sites is 1. The Kier molecular flexibility index (Phi) is 4.89. The third-order valence-electron chi connectivity index (χ3n) is 3.46. The lowest BCUT2D eigenvalue weighted by Gasteiger charge is -2.09. The first kappa shape index (κ1) is 16.4. The lowest BCUT2D eigenvalue weighted by Crippen LogP contribution is -2.15. The fraction of sp³-hybridized carbons (Fsp3) is 0.105. The highest BCUT2D eigenvalue weighted by atomic mass is 16.5. The molecule has 0 aliphatic heterocycles. The van der Waals surface area contributed by atoms with Gasteiger partial charge in [0.2, 0.25) is 5.95 Å². The van der Waals surface area contributed by atoms with E-state index >= 15 is 0 Å². The first-order valence-corrected chi connectivity index (χ1v) is 7.77. The summed E-state index contributed by atoms with van der Waals surface area (Å²) in [6, 6.07) is 18.3. The van der Waals surface area contributed by atoms with Gasteiger partial charge in [0.1, 0.15) is 11.4 Å². The maximum atomic E-state index is 12.5. The number of nitrogens with one attached hydrogen (secondary N) is 2. The van der Waals surface area contributed by atoms with E-state index in [1.54, 1.807) is 37.4 Å². The molecule has 1 aromatic heterocycles. The van der Waals surface area contributed by atoms with Crippen molar-refractivity contribution in [2.45, 2.75) is 6.92 Å². The third kappa shape index (κ3) is 4.32. The minimum atomic E-state index is -0.299. The molecule has 0 atom stereocenters. The van der Waals surface area contributed by atoms with Crippen LogP contribution in [0.25, 0.3) is 0 Å². The molecule has 0 saturated heterocycles. The summed E-state index contributed by atoms with van der Waals surface area (Å²) in [5, 5.41) is 5.92. The van der Waals surface area contributed by atoms with Crippen LogP contribution >= 0.6 is 0 Å². The average Bonchev–Trinajstić information content (AvgIpc) is 2.62. The molecular weight excluding hydrogens is 316 g/mol. The molecule has 0 bridgehead atoms. The number of nitrogens with zero attached hydrogens (tertiary/aromatic N) is 2. The molecule has 0 aliphatic rings. The van der Waals surface area contributed by atoms with Crippen molar-refractivity contribution in [3.05, 3.63) is 72.1 Å². The molecule has 3 rings (SSSR count). The molecule has 2 aromatic carbocycles. The molecule has 0 radical (unpaired) electrons. The van der Waals surface area contributed by atoms with Gasteiger partial charge in [-0.05, 0) is 49.4 Å². The van der Waals surface area contributed by atoms with E-state index in [4.69, 9.17) is 4.74 Å². The Morgan fingerprint density at radius 1 is 0.960 bits per heavy atom. The molecule has 126 valence electrons. The molecule has 3 aromatic rings. The van der Waals surface area contributed by atoms with Crippen LogP contribution < -0.4 is 15.4 Å². The largest absolute Gasteiger partial charge is 0.497 e. The normalized spacial score (nSPS) is 10.2. The first-order valence-electron chi connectivity index (χ1n) is 7.77. The first-order chi connectivity index (χ1) is 12.1. The number of hydrogen-bond donors (Lipinski definition) is 2. The number of aryl methyl sites for hydroxylation is 1. The summed E-state index contributed by atoms with van der Waals surface area (Å²) in [5.74, 6) is 0.808. The van der Waals surface area contributed by atoms with Crippen LogP contribution in [0.5, 0.6) is 5.75 Å². The van der Waals surface area contributed by atoms with Crippen molar-refractivity contribution >= 4 is 23.2 Å². The Labute approximate surface area is 145 Å². The van der Waals surface area contributed by atoms with Crippen LogP contribution in [-0.4, -0.2) is 23.0 Å². The number of anilines is 3. The second kappa shape index (κ2) is 7.44. The molecule has 0 aliphatic carbocycles. The smallest absolute Gasteiger partial charge is 0.274 e. The van der Waals surface area contributed by atoms with Gasteiger partial charge in [0.25, 0.3) is 5.91 Å². The van der Waals surface area contributed by atoms with Crippen molar-refractivity contribution in [1.29, 1.82) is 0 Å². The monoisotopic (exact) mass is 334 g/mol. The topological polar surface area (TPSA) is 76.1 Å². The highest BCUT2D eigenvalue weighted by Crippen LogP contribution is 2.17. The number of methoxy groups -OCH3 is 1. The minimum Gasteiger partial charge on any atom is -0.497 e. The molecular formula is C19H18N4O2. The van der Waals surface area contributed by atoms with E-state index < -0.39 is 0 Å². The Bertz CT molecular complexity index is 864. The molecule has 25 heavy (non-hydrogen) atoms. The summed E-state index contributed by atoms with van der Waals surface area (Å²) in [4.78, 5) is 21.1. The van der Waals surface area contributed by atoms with Gasteiger partial charge >= 0.3 is 0 Å². The minimum absolute atomic E-state index is 0.293. The van der Waals surface area contributed by atoms with Gasteiger partial charge in [0.15, 0.2) is 0 Å². The van der Waals surface area contributed by atoms with Crippen molar-refractivity contribution in [3.63, 3.8) is 0 Å². The Morgan fingerprint density at radius 3 is 2.36 bits per heavy atom. The zero-order valence-electron chi connectivity index (χ0n) is 14.0. The summed E-state index contributed by atoms with van der Waals surface area (Å²) >= 11 is 0. The fourth-order valence-corrected chi connectivity index (χ4v) is 2.26. The maximum Gasteiger partial charge on any atom is 0.274 e. The van der Waals surface area contributed by atoms with Crippen molar-refractivity contribution in [1.82, 2.24) is 9.97 Å². The second-order valence-corrected chi connectivity index (χ2v) is 5.39. The van der Waals surface area contributed by atoms with Gasteiger partial charge in [0, 0.05) is 17.1 Å². The highest BCUT2D eigenvalue weighted by Gasteiger charge is 2.11. The number of carbonyl (C=O) groups is 1. The van der Waals surface area contributed by atoms with Gasteiger partial charge in [-0.1, -0.05) is 18.2 Å². The third-order valence-corrected chi connectivity index (χ3v) is 3.46. The Morgan fingerprint density at radius 2 is 1.68 bits per heavy atom. The summed E-state index contributed by atoms with van der Waals surface area (Å²) in [7, 11) is 1.60. The summed E-state index contributed by atoms with van der Waals surface area (Å²) in [5.41, 5.74) is 2.52. The van der Waals surface area contributed by atoms with Crippen LogP contribution in [0.3, 0.4) is 0 Å². The molecule has 2 N–H and O–H groups in total. The quantitative estimate of drug-likeness (QED) is 0.742. The van der Waals surface area contributed by atoms with E-state index in [2.05, 4.69) is 20.6 Å². The number of rotatable bonds is 5. The Hall–Kier alpha value is -3.41. The van der Waals surface area contributed by atoms with Crippen LogP contribution in [-0.2, 0) is 0 Å².